The fourth-order valence-electron chi connectivity index (χ4n) is 1.92. The molecule has 1 atom stereocenters. The number of hydrogen-bond donors (Lipinski definition) is 1. The molecular formula is C16H19BrN2O. The molecule has 0 saturated carbocycles. The van der Waals surface area contributed by atoms with Gasteiger partial charge in [0, 0.05) is 28.8 Å². The molecule has 3 nitrogen and oxygen atoms in total. The molecule has 0 bridgehead atoms. The van der Waals surface area contributed by atoms with Gasteiger partial charge in [-0.2, -0.15) is 0 Å². The number of nitrogens with one attached hydrogen (secondary N) is 1. The van der Waals surface area contributed by atoms with Gasteiger partial charge in [-0.05, 0) is 43.8 Å². The van der Waals surface area contributed by atoms with Gasteiger partial charge in [-0.3, -0.25) is 4.98 Å². The van der Waals surface area contributed by atoms with Crippen LogP contribution in [0.3, 0.4) is 0 Å². The number of aromatic nitrogens is 1. The molecule has 0 aliphatic rings. The quantitative estimate of drug-likeness (QED) is 0.873. The molecule has 1 N–H and O–H groups in total. The Labute approximate surface area is 128 Å². The smallest absolute Gasteiger partial charge is 0.120 e. The molecule has 106 valence electrons. The summed E-state index contributed by atoms with van der Waals surface area (Å²) in [5.41, 5.74) is 2.27. The van der Waals surface area contributed by atoms with E-state index in [2.05, 4.69) is 39.2 Å². The first-order valence-electron chi connectivity index (χ1n) is 6.70. The molecule has 2 rings (SSSR count). The molecule has 0 amide bonds. The highest BCUT2D eigenvalue weighted by atomic mass is 79.9. The number of halogens is 1. The Bertz CT molecular complexity index is 545. The summed E-state index contributed by atoms with van der Waals surface area (Å²) in [6.07, 6.45) is 2.62. The highest BCUT2D eigenvalue weighted by Crippen LogP contribution is 2.27. The van der Waals surface area contributed by atoms with E-state index in [9.17, 15) is 0 Å². The zero-order valence-electron chi connectivity index (χ0n) is 11.8. The number of rotatable bonds is 6. The van der Waals surface area contributed by atoms with Crippen LogP contribution in [0.4, 0.5) is 0 Å². The van der Waals surface area contributed by atoms with Crippen LogP contribution in [0.25, 0.3) is 0 Å². The number of benzene rings is 1. The summed E-state index contributed by atoms with van der Waals surface area (Å²) in [7, 11) is 1.95. The van der Waals surface area contributed by atoms with Crippen molar-refractivity contribution in [2.45, 2.75) is 19.4 Å². The number of ether oxygens (including phenoxy) is 1. The van der Waals surface area contributed by atoms with E-state index in [-0.39, 0.29) is 0 Å². The molecule has 2 aromatic rings. The molecule has 0 spiro atoms. The fourth-order valence-corrected chi connectivity index (χ4v) is 2.62. The average molecular weight is 335 g/mol. The Balaban J connectivity index is 1.92. The van der Waals surface area contributed by atoms with Crippen molar-refractivity contribution in [1.82, 2.24) is 10.3 Å². The Hall–Kier alpha value is -1.39. The predicted octanol–water partition coefficient (Wildman–Crippen LogP) is 3.75. The van der Waals surface area contributed by atoms with Gasteiger partial charge in [0.25, 0.3) is 0 Å². The maximum atomic E-state index is 5.77. The van der Waals surface area contributed by atoms with Crippen LogP contribution in [0.5, 0.6) is 5.75 Å². The minimum absolute atomic E-state index is 0.312. The number of nitrogens with zero attached hydrogens (tertiary/aromatic N) is 1. The van der Waals surface area contributed by atoms with E-state index in [1.54, 1.807) is 6.20 Å². The highest BCUT2D eigenvalue weighted by Gasteiger charge is 2.08. The first-order valence-corrected chi connectivity index (χ1v) is 7.49. The van der Waals surface area contributed by atoms with Crippen molar-refractivity contribution in [3.05, 3.63) is 58.3 Å². The Morgan fingerprint density at radius 1 is 1.30 bits per heavy atom. The first-order chi connectivity index (χ1) is 9.70. The van der Waals surface area contributed by atoms with E-state index in [1.807, 2.05) is 37.4 Å². The second-order valence-corrected chi connectivity index (χ2v) is 5.47. The average Bonchev–Trinajstić information content (AvgIpc) is 2.48. The summed E-state index contributed by atoms with van der Waals surface area (Å²) >= 11 is 3.59. The first kappa shape index (κ1) is 15.0. The standard InChI is InChI=1S/C16H19BrN2O/c1-12(18-2)15-7-6-14(11-16(15)17)20-10-8-13-5-3-4-9-19-13/h3-7,9,11-12,18H,8,10H2,1-2H3. The minimum atomic E-state index is 0.312. The summed E-state index contributed by atoms with van der Waals surface area (Å²) in [5.74, 6) is 0.875. The van der Waals surface area contributed by atoms with Crippen LogP contribution < -0.4 is 10.1 Å². The van der Waals surface area contributed by atoms with E-state index >= 15 is 0 Å². The summed E-state index contributed by atoms with van der Waals surface area (Å²) in [6, 6.07) is 12.3. The molecule has 0 aliphatic heterocycles. The molecule has 0 aliphatic carbocycles. The van der Waals surface area contributed by atoms with Gasteiger partial charge >= 0.3 is 0 Å². The monoisotopic (exact) mass is 334 g/mol. The van der Waals surface area contributed by atoms with Gasteiger partial charge in [0.2, 0.25) is 0 Å². The predicted molar refractivity (Wildman–Crippen MR) is 85.1 cm³/mol. The molecular weight excluding hydrogens is 316 g/mol. The molecule has 1 heterocycles. The van der Waals surface area contributed by atoms with Crippen molar-refractivity contribution in [1.29, 1.82) is 0 Å². The third kappa shape index (κ3) is 4.05. The van der Waals surface area contributed by atoms with E-state index in [1.165, 1.54) is 5.56 Å². The van der Waals surface area contributed by atoms with Gasteiger partial charge < -0.3 is 10.1 Å². The Kier molecular flexibility index (Phi) is 5.56. The largest absolute Gasteiger partial charge is 0.493 e. The van der Waals surface area contributed by atoms with E-state index in [0.29, 0.717) is 12.6 Å². The fraction of sp³-hybridized carbons (Fsp3) is 0.312. The van der Waals surface area contributed by atoms with Gasteiger partial charge in [-0.15, -0.1) is 0 Å². The van der Waals surface area contributed by atoms with Crippen LogP contribution in [0.1, 0.15) is 24.2 Å². The lowest BCUT2D eigenvalue weighted by atomic mass is 10.1. The van der Waals surface area contributed by atoms with Gasteiger partial charge in [-0.1, -0.05) is 28.1 Å². The van der Waals surface area contributed by atoms with Crippen LogP contribution in [0, 0.1) is 0 Å². The van der Waals surface area contributed by atoms with Crippen LogP contribution >= 0.6 is 15.9 Å². The Morgan fingerprint density at radius 2 is 2.15 bits per heavy atom. The SMILES string of the molecule is CNC(C)c1ccc(OCCc2ccccn2)cc1Br. The summed E-state index contributed by atoms with van der Waals surface area (Å²) in [6.45, 7) is 2.76. The molecule has 20 heavy (non-hydrogen) atoms. The van der Waals surface area contributed by atoms with Crippen molar-refractivity contribution in [3.8, 4) is 5.75 Å². The van der Waals surface area contributed by atoms with Crippen molar-refractivity contribution >= 4 is 15.9 Å². The number of pyridine rings is 1. The molecule has 1 unspecified atom stereocenters. The van der Waals surface area contributed by atoms with Crippen molar-refractivity contribution < 1.29 is 4.74 Å². The Morgan fingerprint density at radius 3 is 2.80 bits per heavy atom. The van der Waals surface area contributed by atoms with Crippen LogP contribution in [-0.2, 0) is 6.42 Å². The molecule has 0 fully saturated rings. The van der Waals surface area contributed by atoms with Gasteiger partial charge in [0.15, 0.2) is 0 Å². The van der Waals surface area contributed by atoms with E-state index < -0.39 is 0 Å². The molecule has 1 aromatic heterocycles. The van der Waals surface area contributed by atoms with Crippen molar-refractivity contribution in [3.63, 3.8) is 0 Å². The maximum absolute atomic E-state index is 5.77. The zero-order valence-corrected chi connectivity index (χ0v) is 13.4. The second-order valence-electron chi connectivity index (χ2n) is 4.61. The second kappa shape index (κ2) is 7.41. The summed E-state index contributed by atoms with van der Waals surface area (Å²) in [5, 5.41) is 3.23. The lowest BCUT2D eigenvalue weighted by Crippen LogP contribution is -2.12. The lowest BCUT2D eigenvalue weighted by Gasteiger charge is -2.14. The maximum Gasteiger partial charge on any atom is 0.120 e. The third-order valence-corrected chi connectivity index (χ3v) is 3.91. The van der Waals surface area contributed by atoms with Gasteiger partial charge in [0.1, 0.15) is 5.75 Å². The topological polar surface area (TPSA) is 34.1 Å². The molecule has 4 heteroatoms. The zero-order chi connectivity index (χ0) is 14.4. The van der Waals surface area contributed by atoms with Gasteiger partial charge in [0.05, 0.1) is 6.61 Å². The van der Waals surface area contributed by atoms with Crippen molar-refractivity contribution in [2.24, 2.45) is 0 Å². The molecule has 0 radical (unpaired) electrons. The molecule has 1 aromatic carbocycles. The van der Waals surface area contributed by atoms with Crippen molar-refractivity contribution in [2.75, 3.05) is 13.7 Å². The van der Waals surface area contributed by atoms with Crippen LogP contribution in [-0.4, -0.2) is 18.6 Å². The van der Waals surface area contributed by atoms with E-state index in [4.69, 9.17) is 4.74 Å². The van der Waals surface area contributed by atoms with Crippen LogP contribution in [0.15, 0.2) is 47.1 Å². The molecule has 0 saturated heterocycles. The number of hydrogen-bond acceptors (Lipinski definition) is 3. The summed E-state index contributed by atoms with van der Waals surface area (Å²) < 4.78 is 6.83. The van der Waals surface area contributed by atoms with Gasteiger partial charge in [-0.25, -0.2) is 0 Å². The third-order valence-electron chi connectivity index (χ3n) is 3.22. The highest BCUT2D eigenvalue weighted by molar-refractivity contribution is 9.10. The normalized spacial score (nSPS) is 12.2. The van der Waals surface area contributed by atoms with E-state index in [0.717, 1.165) is 22.3 Å². The minimum Gasteiger partial charge on any atom is -0.493 e. The van der Waals surface area contributed by atoms with Crippen LogP contribution in [0.2, 0.25) is 0 Å². The summed E-state index contributed by atoms with van der Waals surface area (Å²) in [4.78, 5) is 4.28. The lowest BCUT2D eigenvalue weighted by molar-refractivity contribution is 0.320.